The van der Waals surface area contributed by atoms with Gasteiger partial charge in [0.15, 0.2) is 0 Å². The quantitative estimate of drug-likeness (QED) is 0.720. The first-order valence-electron chi connectivity index (χ1n) is 8.14. The predicted octanol–water partition coefficient (Wildman–Crippen LogP) is 2.62. The third kappa shape index (κ3) is 5.61. The summed E-state index contributed by atoms with van der Waals surface area (Å²) in [6.07, 6.45) is 3.74. The Bertz CT molecular complexity index is 673. The molecule has 25 heavy (non-hydrogen) atoms. The van der Waals surface area contributed by atoms with Gasteiger partial charge in [-0.3, -0.25) is 4.57 Å². The van der Waals surface area contributed by atoms with Crippen molar-refractivity contribution in [1.82, 2.24) is 9.97 Å². The lowest BCUT2D eigenvalue weighted by molar-refractivity contribution is 0.0451. The smallest absolute Gasteiger partial charge is 0.316 e. The van der Waals surface area contributed by atoms with Gasteiger partial charge in [-0.25, -0.2) is 9.97 Å². The van der Waals surface area contributed by atoms with Crippen molar-refractivity contribution in [3.05, 3.63) is 54.5 Å². The fourth-order valence-electron chi connectivity index (χ4n) is 3.00. The molecule has 1 aromatic carbocycles. The highest BCUT2D eigenvalue weighted by molar-refractivity contribution is 7.32. The van der Waals surface area contributed by atoms with Gasteiger partial charge in [0.25, 0.3) is 0 Å². The van der Waals surface area contributed by atoms with Crippen LogP contribution in [0.2, 0.25) is 0 Å². The van der Waals surface area contributed by atoms with Crippen molar-refractivity contribution in [2.24, 2.45) is 5.92 Å². The van der Waals surface area contributed by atoms with E-state index >= 15 is 0 Å². The van der Waals surface area contributed by atoms with Crippen molar-refractivity contribution < 1.29 is 23.5 Å². The van der Waals surface area contributed by atoms with Crippen LogP contribution in [-0.4, -0.2) is 33.7 Å². The Labute approximate surface area is 146 Å². The molecule has 8 heteroatoms. The van der Waals surface area contributed by atoms with E-state index in [1.165, 1.54) is 6.33 Å². The molecule has 7 nitrogen and oxygen atoms in total. The molecule has 1 saturated carbocycles. The maximum atomic E-state index is 11.1. The summed E-state index contributed by atoms with van der Waals surface area (Å²) in [4.78, 5) is 17.0. The lowest BCUT2D eigenvalue weighted by Gasteiger charge is -2.18. The van der Waals surface area contributed by atoms with E-state index in [0.29, 0.717) is 31.9 Å². The Hall–Kier alpha value is -1.79. The largest absolute Gasteiger partial charge is 0.474 e. The normalized spacial score (nSPS) is 24.1. The van der Waals surface area contributed by atoms with E-state index in [0.717, 1.165) is 5.56 Å². The topological polar surface area (TPSA) is 90.8 Å². The molecule has 0 spiro atoms. The molecule has 1 aliphatic rings. The monoisotopic (exact) mass is 364 g/mol. The molecule has 2 aromatic rings. The van der Waals surface area contributed by atoms with E-state index in [9.17, 15) is 4.57 Å². The third-order valence-corrected chi connectivity index (χ3v) is 4.63. The highest BCUT2D eigenvalue weighted by atomic mass is 31.1. The van der Waals surface area contributed by atoms with Gasteiger partial charge < -0.3 is 18.9 Å². The number of aromatic nitrogens is 2. The van der Waals surface area contributed by atoms with E-state index in [-0.39, 0.29) is 18.1 Å². The molecular weight excluding hydrogens is 343 g/mol. The summed E-state index contributed by atoms with van der Waals surface area (Å²) < 4.78 is 27.9. The Kier molecular flexibility index (Phi) is 6.53. The van der Waals surface area contributed by atoms with Crippen LogP contribution in [0.3, 0.4) is 0 Å². The summed E-state index contributed by atoms with van der Waals surface area (Å²) >= 11 is 0. The van der Waals surface area contributed by atoms with E-state index < -0.39 is 8.25 Å². The maximum Gasteiger partial charge on any atom is 0.316 e. The lowest BCUT2D eigenvalue weighted by Crippen LogP contribution is -2.20. The molecule has 0 aliphatic heterocycles. The van der Waals surface area contributed by atoms with Crippen molar-refractivity contribution in [1.29, 1.82) is 0 Å². The molecule has 0 radical (unpaired) electrons. The highest BCUT2D eigenvalue weighted by Gasteiger charge is 2.37. The SMILES string of the molecule is O=[PH](O)O[C@H]1C[C@H](Oc2ccncn2)C[C@@H]1COCc1ccccc1. The molecule has 1 N–H and O–H groups in total. The average molecular weight is 364 g/mol. The van der Waals surface area contributed by atoms with Crippen LogP contribution < -0.4 is 4.74 Å². The number of nitrogens with zero attached hydrogens (tertiary/aromatic N) is 2. The minimum Gasteiger partial charge on any atom is -0.474 e. The predicted molar refractivity (Wildman–Crippen MR) is 91.4 cm³/mol. The molecular formula is C17H21N2O5P. The fraction of sp³-hybridized carbons (Fsp3) is 0.412. The molecule has 134 valence electrons. The minimum atomic E-state index is -3.01. The van der Waals surface area contributed by atoms with Gasteiger partial charge in [-0.05, 0) is 12.0 Å². The Morgan fingerprint density at radius 2 is 2.04 bits per heavy atom. The lowest BCUT2D eigenvalue weighted by atomic mass is 10.1. The molecule has 1 unspecified atom stereocenters. The Balaban J connectivity index is 1.54. The minimum absolute atomic E-state index is 0.00310. The summed E-state index contributed by atoms with van der Waals surface area (Å²) in [5.74, 6) is 0.484. The van der Waals surface area contributed by atoms with Gasteiger partial charge in [0.1, 0.15) is 12.4 Å². The second-order valence-electron chi connectivity index (χ2n) is 5.94. The number of rotatable bonds is 8. The van der Waals surface area contributed by atoms with Crippen LogP contribution in [0.5, 0.6) is 5.88 Å². The van der Waals surface area contributed by atoms with Gasteiger partial charge in [0.05, 0.1) is 19.3 Å². The van der Waals surface area contributed by atoms with Crippen molar-refractivity contribution in [3.63, 3.8) is 0 Å². The summed E-state index contributed by atoms with van der Waals surface area (Å²) in [5.41, 5.74) is 1.09. The Morgan fingerprint density at radius 1 is 1.20 bits per heavy atom. The first-order valence-corrected chi connectivity index (χ1v) is 9.41. The highest BCUT2D eigenvalue weighted by Crippen LogP contribution is 2.36. The van der Waals surface area contributed by atoms with Crippen LogP contribution in [0, 0.1) is 5.92 Å². The van der Waals surface area contributed by atoms with Crippen LogP contribution in [0.1, 0.15) is 18.4 Å². The van der Waals surface area contributed by atoms with Crippen molar-refractivity contribution in [2.75, 3.05) is 6.61 Å². The van der Waals surface area contributed by atoms with Crippen LogP contribution in [-0.2, 0) is 20.4 Å². The van der Waals surface area contributed by atoms with Crippen LogP contribution in [0.4, 0.5) is 0 Å². The molecule has 0 saturated heterocycles. The zero-order valence-corrected chi connectivity index (χ0v) is 14.7. The van der Waals surface area contributed by atoms with Crippen molar-refractivity contribution >= 4 is 8.25 Å². The van der Waals surface area contributed by atoms with Gasteiger partial charge in [0.2, 0.25) is 5.88 Å². The standard InChI is InChI=1S/C17H21N2O5P/c20-25(21)24-16-9-15(23-17-6-7-18-12-19-17)8-14(16)11-22-10-13-4-2-1-3-5-13/h1-7,12,14-16,25H,8-11H2,(H,20,21)/t14-,15-,16+/m1/s1. The molecule has 0 bridgehead atoms. The molecule has 3 rings (SSSR count). The van der Waals surface area contributed by atoms with E-state index in [1.807, 2.05) is 30.3 Å². The van der Waals surface area contributed by atoms with Gasteiger partial charge in [-0.2, -0.15) is 0 Å². The van der Waals surface area contributed by atoms with Crippen molar-refractivity contribution in [3.8, 4) is 5.88 Å². The van der Waals surface area contributed by atoms with Gasteiger partial charge in [-0.15, -0.1) is 0 Å². The van der Waals surface area contributed by atoms with E-state index in [1.54, 1.807) is 12.3 Å². The molecule has 1 aliphatic carbocycles. The van der Waals surface area contributed by atoms with Crippen LogP contribution in [0.15, 0.2) is 48.9 Å². The molecule has 4 atom stereocenters. The van der Waals surface area contributed by atoms with E-state index in [2.05, 4.69) is 9.97 Å². The summed E-state index contributed by atoms with van der Waals surface area (Å²) in [6, 6.07) is 11.6. The first-order chi connectivity index (χ1) is 12.2. The molecule has 0 amide bonds. The average Bonchev–Trinajstić information content (AvgIpc) is 2.97. The number of ether oxygens (including phenoxy) is 2. The third-order valence-electron chi connectivity index (χ3n) is 4.12. The second-order valence-corrected chi connectivity index (χ2v) is 6.71. The molecule has 1 aromatic heterocycles. The first kappa shape index (κ1) is 18.0. The summed E-state index contributed by atoms with van der Waals surface area (Å²) in [7, 11) is -3.01. The van der Waals surface area contributed by atoms with Crippen molar-refractivity contribution in [2.45, 2.75) is 31.7 Å². The van der Waals surface area contributed by atoms with Gasteiger partial charge in [0, 0.05) is 24.6 Å². The van der Waals surface area contributed by atoms with Crippen LogP contribution >= 0.6 is 8.25 Å². The maximum absolute atomic E-state index is 11.1. The van der Waals surface area contributed by atoms with Gasteiger partial charge >= 0.3 is 8.25 Å². The summed E-state index contributed by atoms with van der Waals surface area (Å²) in [6.45, 7) is 0.939. The molecule has 1 heterocycles. The second kappa shape index (κ2) is 9.06. The number of hydrogen-bond acceptors (Lipinski definition) is 6. The number of hydrogen-bond donors (Lipinski definition) is 1. The zero-order chi connectivity index (χ0) is 17.5. The van der Waals surface area contributed by atoms with Gasteiger partial charge in [-0.1, -0.05) is 30.3 Å². The molecule has 1 fully saturated rings. The zero-order valence-electron chi connectivity index (χ0n) is 13.7. The van der Waals surface area contributed by atoms with E-state index in [4.69, 9.17) is 18.9 Å². The Morgan fingerprint density at radius 3 is 2.76 bits per heavy atom. The number of benzene rings is 1. The summed E-state index contributed by atoms with van der Waals surface area (Å²) in [5, 5.41) is 0. The van der Waals surface area contributed by atoms with Crippen LogP contribution in [0.25, 0.3) is 0 Å². The fourth-order valence-corrected chi connectivity index (χ4v) is 3.55.